The highest BCUT2D eigenvalue weighted by molar-refractivity contribution is 5.53. The Morgan fingerprint density at radius 2 is 2.44 bits per heavy atom. The van der Waals surface area contributed by atoms with E-state index in [-0.39, 0.29) is 6.04 Å². The third-order valence-corrected chi connectivity index (χ3v) is 2.41. The number of hydrogen-bond donors (Lipinski definition) is 2. The van der Waals surface area contributed by atoms with Crippen LogP contribution in [0.15, 0.2) is 24.8 Å². The van der Waals surface area contributed by atoms with Gasteiger partial charge in [0.1, 0.15) is 0 Å². The van der Waals surface area contributed by atoms with Crippen LogP contribution in [-0.2, 0) is 0 Å². The number of rotatable bonds is 3. The molecule has 0 aliphatic rings. The molecule has 0 aliphatic carbocycles. The minimum Gasteiger partial charge on any atom is -0.271 e. The largest absolute Gasteiger partial charge is 0.271 e. The first-order chi connectivity index (χ1) is 7.86. The molecule has 0 saturated heterocycles. The van der Waals surface area contributed by atoms with Crippen molar-refractivity contribution >= 4 is 5.52 Å². The maximum absolute atomic E-state index is 5.52. The summed E-state index contributed by atoms with van der Waals surface area (Å²) in [6.45, 7) is 1.81. The summed E-state index contributed by atoms with van der Waals surface area (Å²) in [4.78, 5) is 4.08. The maximum Gasteiger partial charge on any atom is 0.0893 e. The lowest BCUT2D eigenvalue weighted by molar-refractivity contribution is 0.571. The van der Waals surface area contributed by atoms with Gasteiger partial charge in [-0.3, -0.25) is 16.3 Å². The summed E-state index contributed by atoms with van der Waals surface area (Å²) >= 11 is 0. The summed E-state index contributed by atoms with van der Waals surface area (Å²) in [6, 6.07) is -0.0193. The molecule has 2 heterocycles. The van der Waals surface area contributed by atoms with Crippen LogP contribution in [-0.4, -0.2) is 14.6 Å². The van der Waals surface area contributed by atoms with Gasteiger partial charge in [-0.15, -0.1) is 11.8 Å². The first-order valence-electron chi connectivity index (χ1n) is 4.99. The third-order valence-electron chi connectivity index (χ3n) is 2.41. The summed E-state index contributed by atoms with van der Waals surface area (Å²) in [6.07, 6.45) is 7.71. The number of hydrogen-bond acceptors (Lipinski definition) is 4. The summed E-state index contributed by atoms with van der Waals surface area (Å²) in [7, 11) is 0. The predicted molar refractivity (Wildman–Crippen MR) is 61.1 cm³/mol. The fraction of sp³-hybridized carbons (Fsp3) is 0.273. The molecule has 2 aromatic rings. The van der Waals surface area contributed by atoms with E-state index in [4.69, 9.17) is 5.84 Å². The number of aromatic nitrogens is 3. The molecule has 2 aromatic heterocycles. The number of fused-ring (bicyclic) bond motifs is 1. The van der Waals surface area contributed by atoms with Crippen LogP contribution in [0.4, 0.5) is 0 Å². The molecule has 5 heteroatoms. The lowest BCUT2D eigenvalue weighted by Gasteiger charge is -2.10. The second kappa shape index (κ2) is 4.75. The molecule has 2 rings (SSSR count). The molecule has 0 saturated carbocycles. The molecule has 0 fully saturated rings. The molecule has 0 spiro atoms. The van der Waals surface area contributed by atoms with Crippen molar-refractivity contribution in [1.29, 1.82) is 0 Å². The standard InChI is InChI=1S/C11H13N5/c1-2-3-4-10(15-12)9-7-14-16-6-5-13-8-11(9)16/h5-8,10,15H,4,12H2,1H3. The minimum absolute atomic E-state index is 0.0193. The molecule has 16 heavy (non-hydrogen) atoms. The van der Waals surface area contributed by atoms with Gasteiger partial charge >= 0.3 is 0 Å². The molecule has 1 unspecified atom stereocenters. The van der Waals surface area contributed by atoms with Crippen molar-refractivity contribution in [3.63, 3.8) is 0 Å². The first-order valence-corrected chi connectivity index (χ1v) is 4.99. The number of hydrazine groups is 1. The highest BCUT2D eigenvalue weighted by Crippen LogP contribution is 2.19. The number of nitrogens with one attached hydrogen (secondary N) is 1. The lowest BCUT2D eigenvalue weighted by Crippen LogP contribution is -2.27. The van der Waals surface area contributed by atoms with Crippen molar-refractivity contribution in [2.75, 3.05) is 0 Å². The van der Waals surface area contributed by atoms with E-state index >= 15 is 0 Å². The van der Waals surface area contributed by atoms with E-state index in [2.05, 4.69) is 27.3 Å². The van der Waals surface area contributed by atoms with Gasteiger partial charge in [-0.1, -0.05) is 0 Å². The smallest absolute Gasteiger partial charge is 0.0893 e. The van der Waals surface area contributed by atoms with E-state index < -0.39 is 0 Å². The molecule has 3 N–H and O–H groups in total. The fourth-order valence-corrected chi connectivity index (χ4v) is 1.58. The van der Waals surface area contributed by atoms with Crippen molar-refractivity contribution < 1.29 is 0 Å². The molecule has 5 nitrogen and oxygen atoms in total. The van der Waals surface area contributed by atoms with Gasteiger partial charge in [-0.25, -0.2) is 4.52 Å². The van der Waals surface area contributed by atoms with Crippen LogP contribution in [0, 0.1) is 11.8 Å². The van der Waals surface area contributed by atoms with Crippen molar-refractivity contribution in [3.8, 4) is 11.8 Å². The van der Waals surface area contributed by atoms with E-state index in [1.165, 1.54) is 0 Å². The van der Waals surface area contributed by atoms with E-state index in [0.717, 1.165) is 11.1 Å². The molecule has 0 aliphatic heterocycles. The zero-order valence-corrected chi connectivity index (χ0v) is 9.01. The second-order valence-corrected chi connectivity index (χ2v) is 3.36. The van der Waals surface area contributed by atoms with Gasteiger partial charge in [0.05, 0.1) is 24.0 Å². The van der Waals surface area contributed by atoms with Gasteiger partial charge in [0.15, 0.2) is 0 Å². The van der Waals surface area contributed by atoms with Crippen molar-refractivity contribution in [2.45, 2.75) is 19.4 Å². The summed E-state index contributed by atoms with van der Waals surface area (Å²) < 4.78 is 1.77. The van der Waals surface area contributed by atoms with Gasteiger partial charge in [0.25, 0.3) is 0 Å². The minimum atomic E-state index is -0.0193. The number of nitrogens with two attached hydrogens (primary N) is 1. The first kappa shape index (κ1) is 10.6. The zero-order valence-electron chi connectivity index (χ0n) is 9.01. The van der Waals surface area contributed by atoms with Crippen LogP contribution in [0.25, 0.3) is 5.52 Å². The van der Waals surface area contributed by atoms with E-state index in [0.29, 0.717) is 6.42 Å². The van der Waals surface area contributed by atoms with Crippen LogP contribution in [0.1, 0.15) is 24.9 Å². The van der Waals surface area contributed by atoms with E-state index in [1.807, 2.05) is 6.92 Å². The highest BCUT2D eigenvalue weighted by atomic mass is 15.3. The quantitative estimate of drug-likeness (QED) is 0.448. The molecule has 0 radical (unpaired) electrons. The third kappa shape index (κ3) is 1.89. The van der Waals surface area contributed by atoms with Gasteiger partial charge in [-0.05, 0) is 6.92 Å². The van der Waals surface area contributed by atoms with Crippen molar-refractivity contribution in [2.24, 2.45) is 5.84 Å². The molecule has 82 valence electrons. The summed E-state index contributed by atoms with van der Waals surface area (Å²) in [5.74, 6) is 11.4. The molecule has 1 atom stereocenters. The zero-order chi connectivity index (χ0) is 11.4. The van der Waals surface area contributed by atoms with Gasteiger partial charge < -0.3 is 0 Å². The monoisotopic (exact) mass is 215 g/mol. The average molecular weight is 215 g/mol. The summed E-state index contributed by atoms with van der Waals surface area (Å²) in [5.41, 5.74) is 4.71. The predicted octanol–water partition coefficient (Wildman–Crippen LogP) is 0.647. The molecular formula is C11H13N5. The van der Waals surface area contributed by atoms with Gasteiger partial charge in [0.2, 0.25) is 0 Å². The van der Waals surface area contributed by atoms with Crippen LogP contribution in [0.5, 0.6) is 0 Å². The van der Waals surface area contributed by atoms with Crippen LogP contribution >= 0.6 is 0 Å². The normalized spacial score (nSPS) is 12.1. The Kier molecular flexibility index (Phi) is 3.15. The van der Waals surface area contributed by atoms with E-state index in [1.54, 1.807) is 29.3 Å². The Labute approximate surface area is 93.6 Å². The summed E-state index contributed by atoms with van der Waals surface area (Å²) in [5, 5.41) is 4.23. The topological polar surface area (TPSA) is 68.2 Å². The Bertz CT molecular complexity index is 534. The van der Waals surface area contributed by atoms with Crippen molar-refractivity contribution in [1.82, 2.24) is 20.0 Å². The molecular weight excluding hydrogens is 202 g/mol. The van der Waals surface area contributed by atoms with Crippen LogP contribution in [0.2, 0.25) is 0 Å². The second-order valence-electron chi connectivity index (χ2n) is 3.36. The van der Waals surface area contributed by atoms with Gasteiger partial charge in [0, 0.05) is 24.4 Å². The average Bonchev–Trinajstić information content (AvgIpc) is 2.75. The maximum atomic E-state index is 5.52. The van der Waals surface area contributed by atoms with E-state index in [9.17, 15) is 0 Å². The Balaban J connectivity index is 2.39. The Hall–Kier alpha value is -1.90. The Morgan fingerprint density at radius 3 is 3.19 bits per heavy atom. The fourth-order valence-electron chi connectivity index (χ4n) is 1.58. The molecule has 0 aromatic carbocycles. The van der Waals surface area contributed by atoms with Crippen molar-refractivity contribution in [3.05, 3.63) is 30.4 Å². The lowest BCUT2D eigenvalue weighted by atomic mass is 10.1. The van der Waals surface area contributed by atoms with Crippen LogP contribution < -0.4 is 11.3 Å². The Morgan fingerprint density at radius 1 is 1.56 bits per heavy atom. The SMILES string of the molecule is CC#CCC(NN)c1cnn2ccncc12. The van der Waals surface area contributed by atoms with Crippen LogP contribution in [0.3, 0.4) is 0 Å². The molecule has 0 amide bonds. The molecule has 0 bridgehead atoms. The number of nitrogens with zero attached hydrogens (tertiary/aromatic N) is 3. The van der Waals surface area contributed by atoms with Gasteiger partial charge in [-0.2, -0.15) is 5.10 Å². The highest BCUT2D eigenvalue weighted by Gasteiger charge is 2.13.